The van der Waals surface area contributed by atoms with Gasteiger partial charge in [0.1, 0.15) is 17.5 Å². The molecule has 51 heavy (non-hydrogen) atoms. The van der Waals surface area contributed by atoms with Crippen LogP contribution in [0, 0.1) is 0 Å². The topological polar surface area (TPSA) is 155 Å². The summed E-state index contributed by atoms with van der Waals surface area (Å²) in [6, 6.07) is 24.7. The van der Waals surface area contributed by atoms with E-state index in [-0.39, 0.29) is 22.7 Å². The highest BCUT2D eigenvalue weighted by Crippen LogP contribution is 2.43. The number of hydrogen-bond acceptors (Lipinski definition) is 11. The highest BCUT2D eigenvalue weighted by Gasteiger charge is 2.60. The normalized spacial score (nSPS) is 21.5. The zero-order chi connectivity index (χ0) is 36.6. The number of amides is 1. The van der Waals surface area contributed by atoms with E-state index < -0.39 is 61.2 Å². The Morgan fingerprint density at radius 1 is 0.961 bits per heavy atom. The summed E-state index contributed by atoms with van der Waals surface area (Å²) < 4.78 is 29.0. The van der Waals surface area contributed by atoms with Gasteiger partial charge in [0.05, 0.1) is 14.2 Å². The Morgan fingerprint density at radius 2 is 1.61 bits per heavy atom. The molecular formula is C38H40N2O10Si. The number of nitrogens with one attached hydrogen (secondary N) is 1. The summed E-state index contributed by atoms with van der Waals surface area (Å²) in [6.07, 6.45) is -0.374. The molecular weight excluding hydrogens is 673 g/mol. The van der Waals surface area contributed by atoms with Crippen molar-refractivity contribution in [1.29, 1.82) is 0 Å². The minimum absolute atomic E-state index is 0.139. The molecule has 0 fully saturated rings. The minimum atomic E-state index is -3.17. The van der Waals surface area contributed by atoms with Crippen LogP contribution in [0.3, 0.4) is 0 Å². The van der Waals surface area contributed by atoms with Crippen LogP contribution in [0.25, 0.3) is 11.0 Å². The van der Waals surface area contributed by atoms with Crippen LogP contribution in [-0.4, -0.2) is 69.1 Å². The molecule has 4 atom stereocenters. The van der Waals surface area contributed by atoms with Gasteiger partial charge in [-0.05, 0) is 39.7 Å². The first-order valence-electron chi connectivity index (χ1n) is 16.4. The summed E-state index contributed by atoms with van der Waals surface area (Å²) in [4.78, 5) is 44.8. The first kappa shape index (κ1) is 35.6. The van der Waals surface area contributed by atoms with Gasteiger partial charge in [-0.25, -0.2) is 4.79 Å². The number of ether oxygens (including phenoxy) is 3. The molecule has 0 bridgehead atoms. The Bertz CT molecular complexity index is 2020. The largest absolute Gasteiger partial charge is 0.493 e. The molecule has 3 aromatic carbocycles. The van der Waals surface area contributed by atoms with E-state index in [9.17, 15) is 19.5 Å². The molecule has 4 aromatic rings. The third kappa shape index (κ3) is 6.44. The van der Waals surface area contributed by atoms with Gasteiger partial charge in [0.2, 0.25) is 5.75 Å². The van der Waals surface area contributed by atoms with Gasteiger partial charge in [0.15, 0.2) is 29.1 Å². The van der Waals surface area contributed by atoms with E-state index in [4.69, 9.17) is 27.9 Å². The molecule has 266 valence electrons. The van der Waals surface area contributed by atoms with Crippen molar-refractivity contribution in [1.82, 2.24) is 0 Å². The van der Waals surface area contributed by atoms with E-state index in [1.165, 1.54) is 27.2 Å². The van der Waals surface area contributed by atoms with Crippen molar-refractivity contribution in [2.45, 2.75) is 63.1 Å². The molecule has 0 radical (unpaired) electrons. The number of rotatable bonds is 9. The predicted octanol–water partition coefficient (Wildman–Crippen LogP) is 4.07. The van der Waals surface area contributed by atoms with E-state index in [1.807, 2.05) is 60.7 Å². The van der Waals surface area contributed by atoms with E-state index in [1.54, 1.807) is 24.3 Å². The highest BCUT2D eigenvalue weighted by molar-refractivity contribution is 6.99. The number of oxime groups is 1. The molecule has 2 heterocycles. The number of carbonyl (C=O) groups is 2. The molecule has 1 aromatic heterocycles. The summed E-state index contributed by atoms with van der Waals surface area (Å²) in [5.41, 5.74) is -3.11. The number of nitrogens with zero attached hydrogens (tertiary/aromatic N) is 1. The number of fused-ring (bicyclic) bond motifs is 2. The lowest BCUT2D eigenvalue weighted by atomic mass is 9.77. The summed E-state index contributed by atoms with van der Waals surface area (Å²) >= 11 is 0. The van der Waals surface area contributed by atoms with Gasteiger partial charge in [0.25, 0.3) is 14.2 Å². The monoisotopic (exact) mass is 712 g/mol. The minimum Gasteiger partial charge on any atom is -0.493 e. The van der Waals surface area contributed by atoms with Gasteiger partial charge in [-0.2, -0.15) is 0 Å². The summed E-state index contributed by atoms with van der Waals surface area (Å²) in [7, 11) is -0.297. The summed E-state index contributed by atoms with van der Waals surface area (Å²) in [5, 5.41) is 21.1. The number of aliphatic hydroxyl groups is 1. The summed E-state index contributed by atoms with van der Waals surface area (Å²) in [5.74, 6) is -0.880. The second-order valence-electron chi connectivity index (χ2n) is 13.5. The van der Waals surface area contributed by atoms with Crippen molar-refractivity contribution in [3.63, 3.8) is 0 Å². The molecule has 0 saturated carbocycles. The third-order valence-corrected chi connectivity index (χ3v) is 14.3. The molecule has 0 unspecified atom stereocenters. The number of anilines is 1. The fraction of sp³-hybridized carbons (Fsp3) is 0.316. The average Bonchev–Trinajstić information content (AvgIpc) is 3.11. The fourth-order valence-electron chi connectivity index (χ4n) is 6.91. The van der Waals surface area contributed by atoms with E-state index in [0.29, 0.717) is 11.1 Å². The number of hydrogen-bond donors (Lipinski definition) is 2. The number of methoxy groups -OCH3 is 2. The highest BCUT2D eigenvalue weighted by atomic mass is 28.4. The molecule has 0 spiro atoms. The maximum atomic E-state index is 13.6. The average molecular weight is 713 g/mol. The van der Waals surface area contributed by atoms with E-state index in [0.717, 1.165) is 10.4 Å². The van der Waals surface area contributed by atoms with Gasteiger partial charge in [0, 0.05) is 18.7 Å². The lowest BCUT2D eigenvalue weighted by molar-refractivity contribution is -0.202. The lowest BCUT2D eigenvalue weighted by Crippen LogP contribution is -2.71. The molecule has 6 rings (SSSR count). The maximum absolute atomic E-state index is 13.6. The quantitative estimate of drug-likeness (QED) is 0.112. The van der Waals surface area contributed by atoms with Crippen LogP contribution in [0.5, 0.6) is 11.5 Å². The molecule has 13 heteroatoms. The van der Waals surface area contributed by atoms with Gasteiger partial charge < -0.3 is 38.3 Å². The molecule has 2 N–H and O–H groups in total. The Balaban J connectivity index is 1.36. The molecule has 1 amide bonds. The van der Waals surface area contributed by atoms with Crippen molar-refractivity contribution < 1.29 is 42.6 Å². The first-order valence-corrected chi connectivity index (χ1v) is 18.3. The zero-order valence-corrected chi connectivity index (χ0v) is 30.2. The van der Waals surface area contributed by atoms with Crippen molar-refractivity contribution >= 4 is 52.9 Å². The van der Waals surface area contributed by atoms with Gasteiger partial charge in [-0.3, -0.25) is 9.59 Å². The SMILES string of the molecule is COc1ccc2cc(NC(=O)C3=NO[C@H]4[C@H](O[Si](c5ccccc5)(c5ccccc5)C(C)(C)C)C=C[C@H](OC(C)=O)[C@@]4(O)C3)c(=O)oc2c1OC. The van der Waals surface area contributed by atoms with Gasteiger partial charge in [-0.15, -0.1) is 0 Å². The molecule has 1 aliphatic carbocycles. The van der Waals surface area contributed by atoms with Crippen molar-refractivity contribution in [2.24, 2.45) is 5.16 Å². The summed E-state index contributed by atoms with van der Waals surface area (Å²) in [6.45, 7) is 7.60. The van der Waals surface area contributed by atoms with Crippen LogP contribution in [0.2, 0.25) is 5.04 Å². The Hall–Kier alpha value is -5.24. The first-order chi connectivity index (χ1) is 24.3. The van der Waals surface area contributed by atoms with Crippen molar-refractivity contribution in [2.75, 3.05) is 19.5 Å². The molecule has 2 aliphatic rings. The standard InChI is InChI=1S/C38H40N2O10Si/c1-23(41)47-31-20-19-30(50-51(37(2,3)4,25-13-9-7-10-14-25)26-15-11-8-12-16-26)34-38(31,44)22-28(40-49-34)35(42)39-27-21-24-17-18-29(45-5)33(46-6)32(24)48-36(27)43/h7-21,30-31,34,44H,22H2,1-6H3,(H,39,42)/t30-,31+,34+,38+/m1/s1. The number of benzene rings is 3. The molecule has 1 aliphatic heterocycles. The Kier molecular flexibility index (Phi) is 9.64. The smallest absolute Gasteiger partial charge is 0.360 e. The van der Waals surface area contributed by atoms with Crippen LogP contribution in [0.4, 0.5) is 5.69 Å². The fourth-order valence-corrected chi connectivity index (χ4v) is 11.5. The second kappa shape index (κ2) is 13.8. The third-order valence-electron chi connectivity index (χ3n) is 9.26. The van der Waals surface area contributed by atoms with Crippen LogP contribution in [-0.2, 0) is 23.6 Å². The van der Waals surface area contributed by atoms with E-state index in [2.05, 4.69) is 31.2 Å². The van der Waals surface area contributed by atoms with Crippen LogP contribution in [0.15, 0.2) is 105 Å². The van der Waals surface area contributed by atoms with Gasteiger partial charge >= 0.3 is 11.6 Å². The Morgan fingerprint density at radius 3 is 2.18 bits per heavy atom. The van der Waals surface area contributed by atoms with Crippen molar-refractivity contribution in [3.05, 3.63) is 101 Å². The Labute approximate surface area is 295 Å². The zero-order valence-electron chi connectivity index (χ0n) is 29.2. The molecule has 12 nitrogen and oxygen atoms in total. The van der Waals surface area contributed by atoms with Crippen LogP contribution in [0.1, 0.15) is 34.1 Å². The van der Waals surface area contributed by atoms with Crippen molar-refractivity contribution in [3.8, 4) is 11.5 Å². The lowest BCUT2D eigenvalue weighted by Gasteiger charge is -2.50. The van der Waals surface area contributed by atoms with Crippen LogP contribution < -0.4 is 30.8 Å². The molecule has 0 saturated heterocycles. The maximum Gasteiger partial charge on any atom is 0.360 e. The van der Waals surface area contributed by atoms with E-state index >= 15 is 0 Å². The number of esters is 1. The predicted molar refractivity (Wildman–Crippen MR) is 193 cm³/mol. The van der Waals surface area contributed by atoms with Gasteiger partial charge in [-0.1, -0.05) is 92.7 Å². The van der Waals surface area contributed by atoms with Crippen LogP contribution >= 0.6 is 0 Å². The second-order valence-corrected chi connectivity index (χ2v) is 17.8. The number of carbonyl (C=O) groups excluding carboxylic acids is 2.